The second kappa shape index (κ2) is 7.21. The molecule has 1 heterocycles. The van der Waals surface area contributed by atoms with E-state index in [1.807, 2.05) is 37.4 Å². The van der Waals surface area contributed by atoms with Gasteiger partial charge in [-0.1, -0.05) is 22.9 Å². The summed E-state index contributed by atoms with van der Waals surface area (Å²) in [6, 6.07) is 16.6. The largest absolute Gasteiger partial charge is 1.00 e. The first kappa shape index (κ1) is 16.9. The first-order chi connectivity index (χ1) is 10.6. The lowest BCUT2D eigenvalue weighted by atomic mass is 10.1. The summed E-state index contributed by atoms with van der Waals surface area (Å²) in [6.07, 6.45) is 0. The zero-order valence-corrected chi connectivity index (χ0v) is 13.8. The number of carbonyl (C=O) groups is 1. The van der Waals surface area contributed by atoms with Crippen LogP contribution in [-0.2, 0) is 7.05 Å². The Morgan fingerprint density at radius 1 is 1.13 bits per heavy atom. The van der Waals surface area contributed by atoms with E-state index in [2.05, 4.69) is 10.4 Å². The molecule has 0 aliphatic rings. The molecule has 0 fully saturated rings. The number of nitrogens with one attached hydrogen (secondary N) is 1. The Hall–Kier alpha value is -2.44. The van der Waals surface area contributed by atoms with Crippen molar-refractivity contribution in [2.24, 2.45) is 7.05 Å². The van der Waals surface area contributed by atoms with Gasteiger partial charge < -0.3 is 22.8 Å². The molecular weight excluding hydrogens is 334 g/mol. The van der Waals surface area contributed by atoms with Gasteiger partial charge in [-0.15, -0.1) is 0 Å². The van der Waals surface area contributed by atoms with Crippen LogP contribution in [0.1, 0.15) is 10.4 Å². The molecule has 0 aliphatic heterocycles. The van der Waals surface area contributed by atoms with E-state index in [4.69, 9.17) is 5.11 Å². The second-order valence-corrected chi connectivity index (χ2v) is 5.69. The maximum absolute atomic E-state index is 10.9. The number of aromatic nitrogens is 2. The molecule has 0 saturated heterocycles. The highest BCUT2D eigenvalue weighted by molar-refractivity contribution is 7.18. The normalized spacial score (nSPS) is 9.96. The maximum atomic E-state index is 10.9. The minimum Gasteiger partial charge on any atom is -1.00 e. The van der Waals surface area contributed by atoms with Crippen LogP contribution in [0.2, 0.25) is 0 Å². The van der Waals surface area contributed by atoms with Crippen molar-refractivity contribution in [3.05, 3.63) is 60.2 Å². The van der Waals surface area contributed by atoms with E-state index in [0.29, 0.717) is 0 Å². The molecule has 118 valence electrons. The highest BCUT2D eigenvalue weighted by Crippen LogP contribution is 2.27. The van der Waals surface area contributed by atoms with Crippen molar-refractivity contribution in [3.8, 4) is 10.6 Å². The number of para-hydroxylation sites is 1. The summed E-state index contributed by atoms with van der Waals surface area (Å²) in [7, 11) is 1.87. The number of aromatic carboxylic acids is 1. The number of aryl methyl sites for hydroxylation is 1. The van der Waals surface area contributed by atoms with Gasteiger partial charge in [0.2, 0.25) is 0 Å². The lowest BCUT2D eigenvalue weighted by molar-refractivity contribution is -0.714. The first-order valence-electron chi connectivity index (χ1n) is 6.66. The third-order valence-corrected chi connectivity index (χ3v) is 4.20. The van der Waals surface area contributed by atoms with Crippen LogP contribution in [0.3, 0.4) is 0 Å². The maximum Gasteiger partial charge on any atom is 0.335 e. The topological polar surface area (TPSA) is 66.1 Å². The Bertz CT molecular complexity index is 804. The molecule has 1 aromatic heterocycles. The smallest absolute Gasteiger partial charge is 0.335 e. The summed E-state index contributed by atoms with van der Waals surface area (Å²) in [5.41, 5.74) is 2.19. The minimum atomic E-state index is -0.924. The molecule has 0 spiro atoms. The highest BCUT2D eigenvalue weighted by Gasteiger charge is 2.18. The van der Waals surface area contributed by atoms with Crippen LogP contribution in [-0.4, -0.2) is 16.2 Å². The van der Waals surface area contributed by atoms with E-state index < -0.39 is 5.97 Å². The van der Waals surface area contributed by atoms with Crippen LogP contribution in [0.5, 0.6) is 0 Å². The quantitative estimate of drug-likeness (QED) is 0.656. The Morgan fingerprint density at radius 2 is 1.78 bits per heavy atom. The van der Waals surface area contributed by atoms with Gasteiger partial charge in [-0.25, -0.2) is 4.79 Å². The van der Waals surface area contributed by atoms with E-state index in [0.717, 1.165) is 21.4 Å². The van der Waals surface area contributed by atoms with E-state index >= 15 is 0 Å². The zero-order chi connectivity index (χ0) is 15.5. The van der Waals surface area contributed by atoms with Crippen LogP contribution in [0.25, 0.3) is 10.6 Å². The fourth-order valence-corrected chi connectivity index (χ4v) is 3.00. The molecule has 2 aromatic carbocycles. The van der Waals surface area contributed by atoms with E-state index in [1.54, 1.807) is 28.9 Å². The number of anilines is 2. The molecule has 3 aromatic rings. The molecule has 7 heteroatoms. The van der Waals surface area contributed by atoms with Gasteiger partial charge in [0.1, 0.15) is 0 Å². The lowest BCUT2D eigenvalue weighted by Crippen LogP contribution is -3.00. The summed E-state index contributed by atoms with van der Waals surface area (Å²) < 4.78 is 1.78. The molecule has 0 saturated carbocycles. The van der Waals surface area contributed by atoms with E-state index in [9.17, 15) is 4.79 Å². The van der Waals surface area contributed by atoms with Crippen molar-refractivity contribution in [3.63, 3.8) is 0 Å². The number of hydrogen-bond donors (Lipinski definition) is 2. The van der Waals surface area contributed by atoms with Crippen molar-refractivity contribution in [2.45, 2.75) is 0 Å². The van der Waals surface area contributed by atoms with Crippen molar-refractivity contribution in [2.75, 3.05) is 5.32 Å². The van der Waals surface area contributed by atoms with Gasteiger partial charge in [-0.3, -0.25) is 0 Å². The molecule has 23 heavy (non-hydrogen) atoms. The molecular formula is C16H14ClN3O2S. The predicted octanol–water partition coefficient (Wildman–Crippen LogP) is 0.0804. The Labute approximate surface area is 143 Å². The summed E-state index contributed by atoms with van der Waals surface area (Å²) >= 11 is 1.51. The lowest BCUT2D eigenvalue weighted by Gasteiger charge is -1.97. The van der Waals surface area contributed by atoms with Gasteiger partial charge in [0, 0.05) is 10.8 Å². The third-order valence-electron chi connectivity index (χ3n) is 3.13. The minimum absolute atomic E-state index is 0. The van der Waals surface area contributed by atoms with E-state index in [1.165, 1.54) is 11.3 Å². The fourth-order valence-electron chi connectivity index (χ4n) is 2.06. The number of carboxylic acid groups (broad SMARTS) is 1. The standard InChI is InChI=1S/C16H13N3O2S.ClH/c1-19-14(11-7-9-12(10-8-11)15(20)21)22-16(18-19)17-13-5-3-2-4-6-13;/h2-10H,1H3,(H-,17,18,20,21);1H. The first-order valence-corrected chi connectivity index (χ1v) is 7.48. The number of carboxylic acids is 1. The molecule has 3 rings (SSSR count). The number of benzene rings is 2. The van der Waals surface area contributed by atoms with E-state index in [-0.39, 0.29) is 18.0 Å². The van der Waals surface area contributed by atoms with Crippen LogP contribution in [0.15, 0.2) is 54.6 Å². The Kier molecular flexibility index (Phi) is 5.31. The summed E-state index contributed by atoms with van der Waals surface area (Å²) in [6.45, 7) is 0. The molecule has 2 N–H and O–H groups in total. The average molecular weight is 348 g/mol. The number of halogens is 1. The number of nitrogens with zero attached hydrogens (tertiary/aromatic N) is 2. The van der Waals surface area contributed by atoms with Gasteiger partial charge in [-0.2, -0.15) is 0 Å². The third kappa shape index (κ3) is 3.85. The number of rotatable bonds is 4. The highest BCUT2D eigenvalue weighted by atomic mass is 35.5. The predicted molar refractivity (Wildman–Crippen MR) is 85.4 cm³/mol. The second-order valence-electron chi connectivity index (χ2n) is 4.71. The van der Waals surface area contributed by atoms with Crippen LogP contribution >= 0.6 is 11.3 Å². The monoisotopic (exact) mass is 347 g/mol. The zero-order valence-electron chi connectivity index (χ0n) is 12.2. The van der Waals surface area contributed by atoms with Crippen molar-refractivity contribution in [1.82, 2.24) is 5.10 Å². The van der Waals surface area contributed by atoms with Crippen molar-refractivity contribution >= 4 is 28.1 Å². The molecule has 0 radical (unpaired) electrons. The summed E-state index contributed by atoms with van der Waals surface area (Å²) in [4.78, 5) is 10.9. The molecule has 0 aliphatic carbocycles. The van der Waals surface area contributed by atoms with Gasteiger partial charge >= 0.3 is 5.97 Å². The Morgan fingerprint density at radius 3 is 2.39 bits per heavy atom. The van der Waals surface area contributed by atoms with Crippen LogP contribution in [0, 0.1) is 0 Å². The molecule has 0 bridgehead atoms. The molecule has 0 atom stereocenters. The molecule has 0 amide bonds. The number of hydrogen-bond acceptors (Lipinski definition) is 4. The Balaban J connectivity index is 0.00000192. The summed E-state index contributed by atoms with van der Waals surface area (Å²) in [5.74, 6) is -0.924. The van der Waals surface area contributed by atoms with Gasteiger partial charge in [0.05, 0.1) is 11.1 Å². The van der Waals surface area contributed by atoms with Gasteiger partial charge in [0.15, 0.2) is 7.05 Å². The van der Waals surface area contributed by atoms with Crippen molar-refractivity contribution < 1.29 is 27.0 Å². The van der Waals surface area contributed by atoms with Gasteiger partial charge in [-0.05, 0) is 47.7 Å². The van der Waals surface area contributed by atoms with Crippen molar-refractivity contribution in [1.29, 1.82) is 0 Å². The molecule has 5 nitrogen and oxygen atoms in total. The van der Waals surface area contributed by atoms with Gasteiger partial charge in [0.25, 0.3) is 10.1 Å². The fraction of sp³-hybridized carbons (Fsp3) is 0.0625. The summed E-state index contributed by atoms with van der Waals surface area (Å²) in [5, 5.41) is 18.4. The SMILES string of the molecule is C[n+]1nc(Nc2ccccc2)sc1-c1ccc(C(=O)O)cc1.[Cl-]. The average Bonchev–Trinajstić information content (AvgIpc) is 2.89. The molecule has 0 unspecified atom stereocenters. The van der Waals surface area contributed by atoms with Crippen LogP contribution < -0.4 is 22.4 Å². The van der Waals surface area contributed by atoms with Crippen LogP contribution in [0.4, 0.5) is 10.8 Å².